The molecule has 10 heteroatoms. The Hall–Kier alpha value is -3.89. The van der Waals surface area contributed by atoms with Crippen molar-refractivity contribution in [2.24, 2.45) is 0 Å². The number of aromatic nitrogens is 1. The molecule has 1 saturated heterocycles. The summed E-state index contributed by atoms with van der Waals surface area (Å²) in [6.45, 7) is 4.46. The molecule has 9 nitrogen and oxygen atoms in total. The fraction of sp³-hybridized carbons (Fsp3) is 0.296. The van der Waals surface area contributed by atoms with E-state index in [4.69, 9.17) is 13.9 Å². The van der Waals surface area contributed by atoms with Gasteiger partial charge in [0.1, 0.15) is 17.9 Å². The van der Waals surface area contributed by atoms with Crippen LogP contribution < -0.4 is 25.1 Å². The Bertz CT molecular complexity index is 1510. The normalized spacial score (nSPS) is 15.6. The van der Waals surface area contributed by atoms with Gasteiger partial charge in [0.05, 0.1) is 5.56 Å². The van der Waals surface area contributed by atoms with Crippen molar-refractivity contribution in [2.45, 2.75) is 6.54 Å². The van der Waals surface area contributed by atoms with Crippen molar-refractivity contribution in [1.29, 1.82) is 0 Å². The summed E-state index contributed by atoms with van der Waals surface area (Å²) in [4.78, 5) is 34.7. The van der Waals surface area contributed by atoms with Crippen LogP contribution in [0.5, 0.6) is 11.5 Å². The van der Waals surface area contributed by atoms with Gasteiger partial charge >= 0.3 is 0 Å². The molecule has 4 aromatic rings. The van der Waals surface area contributed by atoms with Crippen molar-refractivity contribution >= 4 is 33.4 Å². The second kappa shape index (κ2) is 9.87. The van der Waals surface area contributed by atoms with Crippen LogP contribution in [0.25, 0.3) is 21.4 Å². The number of likely N-dealkylation sites (N-methyl/N-ethyl adjacent to an activating group) is 1. The number of nitrogens with one attached hydrogen (secondary N) is 1. The fourth-order valence-corrected chi connectivity index (χ4v) is 5.48. The third-order valence-corrected chi connectivity index (χ3v) is 7.59. The van der Waals surface area contributed by atoms with Crippen LogP contribution in [0.15, 0.2) is 57.3 Å². The molecule has 0 unspecified atom stereocenters. The molecule has 2 aliphatic heterocycles. The maximum Gasteiger partial charge on any atom is 0.255 e. The number of nitrogens with zero attached hydrogens (tertiary/aromatic N) is 3. The monoisotopic (exact) mass is 518 g/mol. The highest BCUT2D eigenvalue weighted by atomic mass is 32.1. The molecule has 6 rings (SSSR count). The van der Waals surface area contributed by atoms with E-state index in [1.165, 1.54) is 11.3 Å². The number of piperazine rings is 1. The Balaban J connectivity index is 1.38. The van der Waals surface area contributed by atoms with E-state index in [9.17, 15) is 9.59 Å². The second-order valence-corrected chi connectivity index (χ2v) is 10.0. The first kappa shape index (κ1) is 23.5. The minimum absolute atomic E-state index is 0.0709. The van der Waals surface area contributed by atoms with Gasteiger partial charge in [0.25, 0.3) is 5.91 Å². The molecule has 0 atom stereocenters. The van der Waals surface area contributed by atoms with Gasteiger partial charge in [-0.3, -0.25) is 14.6 Å². The number of hydrogen-bond donors (Lipinski definition) is 1. The van der Waals surface area contributed by atoms with Crippen LogP contribution >= 0.6 is 11.3 Å². The number of fused-ring (bicyclic) bond motifs is 2. The number of carbonyl (C=O) groups is 1. The van der Waals surface area contributed by atoms with Gasteiger partial charge in [0.15, 0.2) is 23.0 Å². The van der Waals surface area contributed by atoms with Crippen molar-refractivity contribution in [1.82, 2.24) is 15.2 Å². The molecule has 37 heavy (non-hydrogen) atoms. The zero-order chi connectivity index (χ0) is 25.4. The lowest BCUT2D eigenvalue weighted by atomic mass is 10.0. The molecular formula is C27H26N4O5S. The van der Waals surface area contributed by atoms with Gasteiger partial charge < -0.3 is 29.0 Å². The number of ether oxygens (including phenoxy) is 2. The minimum atomic E-state index is -0.286. The summed E-state index contributed by atoms with van der Waals surface area (Å²) in [6.07, 6.45) is 3.40. The average Bonchev–Trinajstić information content (AvgIpc) is 3.37. The molecule has 0 aliphatic carbocycles. The number of benzene rings is 1. The first-order chi connectivity index (χ1) is 18.1. The van der Waals surface area contributed by atoms with E-state index in [1.54, 1.807) is 24.5 Å². The first-order valence-corrected chi connectivity index (χ1v) is 13.0. The standard InChI is InChI=1S/C27H26N4O5S/c1-30-5-7-31(8-6-30)23-13-21(32)26-25(36-23)20(16-37-26)18-11-19(24-22(12-18)34-9-10-35-24)27(33)29-15-17-3-2-4-28-14-17/h2-4,11-14,16H,5-10,15H2,1H3,(H,29,33). The first-order valence-electron chi connectivity index (χ1n) is 12.2. The largest absolute Gasteiger partial charge is 0.486 e. The van der Waals surface area contributed by atoms with Crippen LogP contribution in [-0.4, -0.2) is 62.2 Å². The zero-order valence-corrected chi connectivity index (χ0v) is 21.2. The minimum Gasteiger partial charge on any atom is -0.486 e. The molecule has 1 fully saturated rings. The Morgan fingerprint density at radius 3 is 2.78 bits per heavy atom. The van der Waals surface area contributed by atoms with Gasteiger partial charge in [0.2, 0.25) is 5.43 Å². The van der Waals surface area contributed by atoms with Gasteiger partial charge in [-0.1, -0.05) is 6.07 Å². The quantitative estimate of drug-likeness (QED) is 0.430. The van der Waals surface area contributed by atoms with E-state index in [-0.39, 0.29) is 11.3 Å². The highest BCUT2D eigenvalue weighted by Gasteiger charge is 2.25. The summed E-state index contributed by atoms with van der Waals surface area (Å²) in [5.74, 6) is 1.19. The highest BCUT2D eigenvalue weighted by molar-refractivity contribution is 7.17. The average molecular weight is 519 g/mol. The molecule has 0 radical (unpaired) electrons. The molecule has 3 aromatic heterocycles. The van der Waals surface area contributed by atoms with Crippen molar-refractivity contribution in [3.8, 4) is 22.6 Å². The third kappa shape index (κ3) is 4.65. The highest BCUT2D eigenvalue weighted by Crippen LogP contribution is 2.42. The van der Waals surface area contributed by atoms with E-state index in [0.717, 1.165) is 42.9 Å². The van der Waals surface area contributed by atoms with Crippen LogP contribution in [0.1, 0.15) is 15.9 Å². The molecule has 5 heterocycles. The maximum atomic E-state index is 13.3. The molecule has 1 aromatic carbocycles. The number of rotatable bonds is 5. The molecule has 2 aliphatic rings. The van der Waals surface area contributed by atoms with Crippen molar-refractivity contribution in [2.75, 3.05) is 51.3 Å². The number of anilines is 1. The van der Waals surface area contributed by atoms with Crippen molar-refractivity contribution in [3.05, 3.63) is 69.5 Å². The summed E-state index contributed by atoms with van der Waals surface area (Å²) in [7, 11) is 2.08. The Labute approximate surface area is 217 Å². The van der Waals surface area contributed by atoms with Crippen LogP contribution in [0.2, 0.25) is 0 Å². The zero-order valence-electron chi connectivity index (χ0n) is 20.4. The molecule has 0 bridgehead atoms. The maximum absolute atomic E-state index is 13.3. The van der Waals surface area contributed by atoms with Crippen molar-refractivity contribution in [3.63, 3.8) is 0 Å². The lowest BCUT2D eigenvalue weighted by molar-refractivity contribution is 0.0940. The molecular weight excluding hydrogens is 492 g/mol. The Morgan fingerprint density at radius 1 is 1.14 bits per heavy atom. The van der Waals surface area contributed by atoms with E-state index in [1.807, 2.05) is 23.6 Å². The fourth-order valence-electron chi connectivity index (χ4n) is 4.57. The number of carbonyl (C=O) groups excluding carboxylic acids is 1. The number of pyridine rings is 1. The molecule has 1 amide bonds. The summed E-state index contributed by atoms with van der Waals surface area (Å²) < 4.78 is 18.6. The smallest absolute Gasteiger partial charge is 0.255 e. The van der Waals surface area contributed by atoms with Crippen molar-refractivity contribution < 1.29 is 18.7 Å². The molecule has 190 valence electrons. The summed E-state index contributed by atoms with van der Waals surface area (Å²) in [5, 5.41) is 4.84. The Morgan fingerprint density at radius 2 is 1.97 bits per heavy atom. The second-order valence-electron chi connectivity index (χ2n) is 9.14. The Kier molecular flexibility index (Phi) is 6.27. The van der Waals surface area contributed by atoms with Gasteiger partial charge in [-0.15, -0.1) is 11.3 Å². The van der Waals surface area contributed by atoms with E-state index >= 15 is 0 Å². The van der Waals surface area contributed by atoms with E-state index in [2.05, 4.69) is 27.1 Å². The topological polar surface area (TPSA) is 97.1 Å². The summed E-state index contributed by atoms with van der Waals surface area (Å²) in [6, 6.07) is 8.92. The summed E-state index contributed by atoms with van der Waals surface area (Å²) in [5.41, 5.74) is 3.17. The number of hydrogen-bond acceptors (Lipinski definition) is 9. The van der Waals surface area contributed by atoms with Crippen LogP contribution in [0.3, 0.4) is 0 Å². The van der Waals surface area contributed by atoms with Gasteiger partial charge in [-0.2, -0.15) is 0 Å². The number of amides is 1. The van der Waals surface area contributed by atoms with Crippen LogP contribution in [0.4, 0.5) is 5.88 Å². The lowest BCUT2D eigenvalue weighted by Crippen LogP contribution is -2.44. The van der Waals surface area contributed by atoms with E-state index < -0.39 is 0 Å². The molecule has 1 N–H and O–H groups in total. The number of thiophene rings is 1. The molecule has 0 spiro atoms. The lowest BCUT2D eigenvalue weighted by Gasteiger charge is -2.32. The predicted octanol–water partition coefficient (Wildman–Crippen LogP) is 3.37. The predicted molar refractivity (Wildman–Crippen MR) is 142 cm³/mol. The van der Waals surface area contributed by atoms with Gasteiger partial charge in [0, 0.05) is 62.1 Å². The van der Waals surface area contributed by atoms with Crippen LogP contribution in [0, 0.1) is 0 Å². The van der Waals surface area contributed by atoms with Gasteiger partial charge in [-0.05, 0) is 36.4 Å². The van der Waals surface area contributed by atoms with Gasteiger partial charge in [-0.25, -0.2) is 0 Å². The van der Waals surface area contributed by atoms with Crippen LogP contribution in [-0.2, 0) is 6.54 Å². The van der Waals surface area contributed by atoms with E-state index in [0.29, 0.717) is 53.0 Å². The third-order valence-electron chi connectivity index (χ3n) is 6.62. The summed E-state index contributed by atoms with van der Waals surface area (Å²) >= 11 is 1.34. The molecule has 0 saturated carbocycles. The SMILES string of the molecule is CN1CCN(c2cc(=O)c3scc(-c4cc5c(c(C(=O)NCc6cccnc6)c4)OCCO5)c3o2)CC1.